The molecular weight excluding hydrogens is 476 g/mol. The third-order valence-electron chi connectivity index (χ3n) is 4.80. The number of carbonyl (C=O) groups excluding carboxylic acids is 2. The molecule has 0 aliphatic rings. The van der Waals surface area contributed by atoms with E-state index < -0.39 is 48.4 Å². The van der Waals surface area contributed by atoms with Crippen molar-refractivity contribution in [1.29, 1.82) is 0 Å². The van der Waals surface area contributed by atoms with Gasteiger partial charge in [0.2, 0.25) is 0 Å². The standard InChI is InChI=1S/C22H22N6O8/c23-28-27-15-7-3-13(4-8-15)19(31)24-14-5-1-12(2-6-14)11-17(21(34)35)26-22(36)25-16(20(32)33)9-10-18(29)30/h1-8,16-17H,9-11H2,(H,24,31)(H,29,30)(H,32,33)(H,34,35)(H2,25,26,36). The number of anilines is 1. The Bertz CT molecular complexity index is 1180. The van der Waals surface area contributed by atoms with E-state index >= 15 is 0 Å². The third kappa shape index (κ3) is 8.68. The largest absolute Gasteiger partial charge is 0.481 e. The van der Waals surface area contributed by atoms with Crippen molar-refractivity contribution >= 4 is 41.2 Å². The minimum absolute atomic E-state index is 0.148. The molecule has 2 aromatic carbocycles. The number of benzene rings is 2. The molecule has 0 radical (unpaired) electrons. The zero-order valence-electron chi connectivity index (χ0n) is 18.6. The Morgan fingerprint density at radius 2 is 1.44 bits per heavy atom. The third-order valence-corrected chi connectivity index (χ3v) is 4.80. The highest BCUT2D eigenvalue weighted by Crippen LogP contribution is 2.16. The normalized spacial score (nSPS) is 11.8. The number of azide groups is 1. The number of urea groups is 1. The molecule has 0 aromatic heterocycles. The number of amides is 3. The molecular formula is C22H22N6O8. The zero-order chi connectivity index (χ0) is 26.7. The predicted molar refractivity (Wildman–Crippen MR) is 125 cm³/mol. The molecule has 0 aliphatic heterocycles. The summed E-state index contributed by atoms with van der Waals surface area (Å²) in [6.45, 7) is 0. The van der Waals surface area contributed by atoms with Gasteiger partial charge in [-0.2, -0.15) is 0 Å². The number of aliphatic carboxylic acids is 3. The topological polar surface area (TPSA) is 231 Å². The maximum absolute atomic E-state index is 12.4. The molecule has 0 saturated heterocycles. The van der Waals surface area contributed by atoms with Crippen LogP contribution >= 0.6 is 0 Å². The Balaban J connectivity index is 1.97. The molecule has 0 bridgehead atoms. The molecule has 2 atom stereocenters. The fourth-order valence-corrected chi connectivity index (χ4v) is 2.98. The number of carboxylic acid groups (broad SMARTS) is 3. The SMILES string of the molecule is [N-]=[N+]=Nc1ccc(C(=O)Nc2ccc(CC(NC(=O)NC(CCC(=O)O)C(=O)O)C(=O)O)cc2)cc1. The van der Waals surface area contributed by atoms with Crippen LogP contribution in [0.4, 0.5) is 16.2 Å². The second-order valence-corrected chi connectivity index (χ2v) is 7.42. The van der Waals surface area contributed by atoms with Crippen molar-refractivity contribution in [3.05, 3.63) is 70.1 Å². The quantitative estimate of drug-likeness (QED) is 0.144. The Labute approximate surface area is 203 Å². The zero-order valence-corrected chi connectivity index (χ0v) is 18.6. The minimum Gasteiger partial charge on any atom is -0.481 e. The first-order valence-corrected chi connectivity index (χ1v) is 10.4. The molecule has 0 saturated carbocycles. The van der Waals surface area contributed by atoms with Crippen molar-refractivity contribution in [2.45, 2.75) is 31.3 Å². The van der Waals surface area contributed by atoms with Crippen LogP contribution in [0.25, 0.3) is 10.4 Å². The van der Waals surface area contributed by atoms with Gasteiger partial charge >= 0.3 is 23.9 Å². The van der Waals surface area contributed by atoms with Crippen molar-refractivity contribution in [1.82, 2.24) is 10.6 Å². The van der Waals surface area contributed by atoms with Gasteiger partial charge in [0.25, 0.3) is 5.91 Å². The van der Waals surface area contributed by atoms with Gasteiger partial charge in [-0.25, -0.2) is 14.4 Å². The Kier molecular flexibility index (Phi) is 9.77. The van der Waals surface area contributed by atoms with Crippen LogP contribution in [0.5, 0.6) is 0 Å². The van der Waals surface area contributed by atoms with Crippen molar-refractivity contribution in [2.24, 2.45) is 5.11 Å². The highest BCUT2D eigenvalue weighted by atomic mass is 16.4. The molecule has 6 N–H and O–H groups in total. The predicted octanol–water partition coefficient (Wildman–Crippen LogP) is 2.49. The summed E-state index contributed by atoms with van der Waals surface area (Å²) in [5.74, 6) is -4.49. The summed E-state index contributed by atoms with van der Waals surface area (Å²) < 4.78 is 0. The highest BCUT2D eigenvalue weighted by Gasteiger charge is 2.25. The molecule has 14 heteroatoms. The molecule has 3 amide bonds. The Morgan fingerprint density at radius 3 is 1.97 bits per heavy atom. The average Bonchev–Trinajstić information content (AvgIpc) is 2.82. The van der Waals surface area contributed by atoms with Crippen LogP contribution in [0.15, 0.2) is 53.6 Å². The van der Waals surface area contributed by atoms with Crippen molar-refractivity contribution in [2.75, 3.05) is 5.32 Å². The van der Waals surface area contributed by atoms with Gasteiger partial charge in [0.1, 0.15) is 12.1 Å². The van der Waals surface area contributed by atoms with Gasteiger partial charge in [0.05, 0.1) is 0 Å². The van der Waals surface area contributed by atoms with Gasteiger partial charge in [0.15, 0.2) is 0 Å². The van der Waals surface area contributed by atoms with E-state index in [0.717, 1.165) is 0 Å². The number of carboxylic acids is 3. The van der Waals surface area contributed by atoms with Crippen LogP contribution in [0.2, 0.25) is 0 Å². The lowest BCUT2D eigenvalue weighted by atomic mass is 10.1. The van der Waals surface area contributed by atoms with E-state index in [0.29, 0.717) is 22.5 Å². The highest BCUT2D eigenvalue weighted by molar-refractivity contribution is 6.04. The number of nitrogens with zero attached hydrogens (tertiary/aromatic N) is 3. The van der Waals surface area contributed by atoms with E-state index in [1.54, 1.807) is 12.1 Å². The maximum Gasteiger partial charge on any atom is 0.326 e. The smallest absolute Gasteiger partial charge is 0.326 e. The Hall–Kier alpha value is -5.10. The second-order valence-electron chi connectivity index (χ2n) is 7.42. The van der Waals surface area contributed by atoms with E-state index in [4.69, 9.17) is 15.7 Å². The summed E-state index contributed by atoms with van der Waals surface area (Å²) >= 11 is 0. The van der Waals surface area contributed by atoms with Crippen molar-refractivity contribution in [3.63, 3.8) is 0 Å². The fourth-order valence-electron chi connectivity index (χ4n) is 2.98. The monoisotopic (exact) mass is 498 g/mol. The lowest BCUT2D eigenvalue weighted by Crippen LogP contribution is -2.51. The molecule has 188 valence electrons. The molecule has 36 heavy (non-hydrogen) atoms. The molecule has 0 fully saturated rings. The number of carbonyl (C=O) groups is 5. The van der Waals surface area contributed by atoms with Crippen LogP contribution in [-0.2, 0) is 20.8 Å². The van der Waals surface area contributed by atoms with E-state index in [-0.39, 0.29) is 12.8 Å². The van der Waals surface area contributed by atoms with Gasteiger partial charge in [0, 0.05) is 34.7 Å². The fraction of sp³-hybridized carbons (Fsp3) is 0.227. The Morgan fingerprint density at radius 1 is 0.861 bits per heavy atom. The summed E-state index contributed by atoms with van der Waals surface area (Å²) in [5.41, 5.74) is 10.0. The summed E-state index contributed by atoms with van der Waals surface area (Å²) in [7, 11) is 0. The molecule has 2 unspecified atom stereocenters. The summed E-state index contributed by atoms with van der Waals surface area (Å²) in [6.07, 6.45) is -1.02. The van der Waals surface area contributed by atoms with Crippen LogP contribution in [-0.4, -0.2) is 57.2 Å². The first-order valence-electron chi connectivity index (χ1n) is 10.4. The molecule has 2 rings (SSSR count). The number of rotatable bonds is 12. The van der Waals surface area contributed by atoms with Crippen molar-refractivity contribution < 1.29 is 39.3 Å². The summed E-state index contributed by atoms with van der Waals surface area (Å²) in [5, 5.41) is 37.5. The lowest BCUT2D eigenvalue weighted by Gasteiger charge is -2.18. The maximum atomic E-state index is 12.4. The average molecular weight is 498 g/mol. The van der Waals surface area contributed by atoms with Gasteiger partial charge in [-0.05, 0) is 41.8 Å². The number of hydrogen-bond donors (Lipinski definition) is 6. The van der Waals surface area contributed by atoms with Crippen molar-refractivity contribution in [3.8, 4) is 0 Å². The minimum atomic E-state index is -1.51. The van der Waals surface area contributed by atoms with Crippen LogP contribution in [0, 0.1) is 0 Å². The molecule has 0 aliphatic carbocycles. The van der Waals surface area contributed by atoms with Crippen LogP contribution in [0.3, 0.4) is 0 Å². The first kappa shape index (κ1) is 27.1. The van der Waals surface area contributed by atoms with Gasteiger partial charge < -0.3 is 31.3 Å². The van der Waals surface area contributed by atoms with E-state index in [1.807, 2.05) is 0 Å². The van der Waals surface area contributed by atoms with Crippen LogP contribution in [0.1, 0.15) is 28.8 Å². The first-order chi connectivity index (χ1) is 17.1. The number of hydrogen-bond acceptors (Lipinski definition) is 6. The molecule has 0 spiro atoms. The van der Waals surface area contributed by atoms with Gasteiger partial charge in [-0.1, -0.05) is 29.4 Å². The second kappa shape index (κ2) is 13.0. The molecule has 0 heterocycles. The van der Waals surface area contributed by atoms with E-state index in [2.05, 4.69) is 26.0 Å². The van der Waals surface area contributed by atoms with E-state index in [9.17, 15) is 29.1 Å². The van der Waals surface area contributed by atoms with Crippen LogP contribution < -0.4 is 16.0 Å². The summed E-state index contributed by atoms with van der Waals surface area (Å²) in [6, 6.07) is 8.11. The lowest BCUT2D eigenvalue weighted by molar-refractivity contribution is -0.140. The summed E-state index contributed by atoms with van der Waals surface area (Å²) in [4.78, 5) is 60.5. The van der Waals surface area contributed by atoms with Gasteiger partial charge in [-0.3, -0.25) is 9.59 Å². The van der Waals surface area contributed by atoms with Gasteiger partial charge in [-0.15, -0.1) is 0 Å². The van der Waals surface area contributed by atoms with E-state index in [1.165, 1.54) is 36.4 Å². The molecule has 14 nitrogen and oxygen atoms in total. The molecule has 2 aromatic rings. The number of nitrogens with one attached hydrogen (secondary N) is 3.